The van der Waals surface area contributed by atoms with Gasteiger partial charge >= 0.3 is 0 Å². The van der Waals surface area contributed by atoms with E-state index in [1.807, 2.05) is 37.4 Å². The van der Waals surface area contributed by atoms with E-state index in [2.05, 4.69) is 12.2 Å². The molecule has 1 fully saturated rings. The van der Waals surface area contributed by atoms with Crippen LogP contribution in [0.15, 0.2) is 36.4 Å². The predicted octanol–water partition coefficient (Wildman–Crippen LogP) is 5.21. The summed E-state index contributed by atoms with van der Waals surface area (Å²) in [7, 11) is 2.03. The first-order chi connectivity index (χ1) is 10.2. The summed E-state index contributed by atoms with van der Waals surface area (Å²) in [6, 6.07) is 11.7. The Bertz CT molecular complexity index is 628. The van der Waals surface area contributed by atoms with E-state index in [4.69, 9.17) is 0 Å². The van der Waals surface area contributed by atoms with E-state index >= 15 is 0 Å². The first kappa shape index (κ1) is 14.5. The van der Waals surface area contributed by atoms with Gasteiger partial charge in [-0.2, -0.15) is 0 Å². The minimum atomic E-state index is -0.127. The van der Waals surface area contributed by atoms with Crippen molar-refractivity contribution in [2.24, 2.45) is 5.41 Å². The fourth-order valence-electron chi connectivity index (χ4n) is 4.06. The molecule has 0 saturated heterocycles. The summed E-state index contributed by atoms with van der Waals surface area (Å²) >= 11 is 0. The Balaban J connectivity index is 2.11. The van der Waals surface area contributed by atoms with Crippen LogP contribution in [-0.2, 0) is 0 Å². The molecule has 1 aliphatic rings. The lowest BCUT2D eigenvalue weighted by atomic mass is 9.68. The van der Waals surface area contributed by atoms with Gasteiger partial charge in [-0.1, -0.05) is 56.5 Å². The Morgan fingerprint density at radius 2 is 1.67 bits per heavy atom. The number of rotatable bonds is 3. The molecule has 1 N–H and O–H groups in total. The molecule has 2 aromatic rings. The highest BCUT2D eigenvalue weighted by molar-refractivity contribution is 5.86. The van der Waals surface area contributed by atoms with E-state index in [0.717, 1.165) is 10.8 Å². The average molecular weight is 285 g/mol. The highest BCUT2D eigenvalue weighted by atomic mass is 19.1. The third kappa shape index (κ3) is 2.57. The zero-order valence-electron chi connectivity index (χ0n) is 13.0. The SMILES string of the molecule is CNC(c1ccc(F)c2ccccc12)C1(C)CCCCC1. The largest absolute Gasteiger partial charge is 0.313 e. The molecule has 0 aromatic heterocycles. The van der Waals surface area contributed by atoms with Crippen molar-refractivity contribution in [3.63, 3.8) is 0 Å². The minimum absolute atomic E-state index is 0.127. The van der Waals surface area contributed by atoms with Crippen LogP contribution in [0.3, 0.4) is 0 Å². The van der Waals surface area contributed by atoms with Crippen molar-refractivity contribution in [1.82, 2.24) is 5.32 Å². The van der Waals surface area contributed by atoms with Gasteiger partial charge in [-0.05, 0) is 42.3 Å². The van der Waals surface area contributed by atoms with Crippen LogP contribution in [0.4, 0.5) is 4.39 Å². The number of fused-ring (bicyclic) bond motifs is 1. The third-order valence-electron chi connectivity index (χ3n) is 5.20. The lowest BCUT2D eigenvalue weighted by molar-refractivity contribution is 0.151. The Labute approximate surface area is 126 Å². The van der Waals surface area contributed by atoms with Crippen LogP contribution in [0.1, 0.15) is 50.6 Å². The van der Waals surface area contributed by atoms with Gasteiger partial charge in [-0.25, -0.2) is 4.39 Å². The summed E-state index contributed by atoms with van der Waals surface area (Å²) in [6.07, 6.45) is 6.42. The monoisotopic (exact) mass is 285 g/mol. The average Bonchev–Trinajstić information content (AvgIpc) is 2.51. The summed E-state index contributed by atoms with van der Waals surface area (Å²) in [5.41, 5.74) is 1.49. The van der Waals surface area contributed by atoms with Crippen LogP contribution in [-0.4, -0.2) is 7.05 Å². The van der Waals surface area contributed by atoms with Crippen LogP contribution < -0.4 is 5.32 Å². The van der Waals surface area contributed by atoms with Gasteiger partial charge in [0.2, 0.25) is 0 Å². The molecule has 0 amide bonds. The maximum Gasteiger partial charge on any atom is 0.131 e. The van der Waals surface area contributed by atoms with Crippen molar-refractivity contribution in [2.45, 2.75) is 45.1 Å². The van der Waals surface area contributed by atoms with Crippen molar-refractivity contribution >= 4 is 10.8 Å². The molecule has 2 aromatic carbocycles. The molecule has 1 unspecified atom stereocenters. The number of nitrogens with one attached hydrogen (secondary N) is 1. The Morgan fingerprint density at radius 3 is 2.33 bits per heavy atom. The van der Waals surface area contributed by atoms with Gasteiger partial charge in [0.15, 0.2) is 0 Å². The summed E-state index contributed by atoms with van der Waals surface area (Å²) in [6.45, 7) is 2.38. The van der Waals surface area contributed by atoms with Crippen LogP contribution in [0.25, 0.3) is 10.8 Å². The molecule has 1 atom stereocenters. The van der Waals surface area contributed by atoms with Crippen LogP contribution in [0, 0.1) is 11.2 Å². The molecule has 1 aliphatic carbocycles. The first-order valence-corrected chi connectivity index (χ1v) is 8.00. The molecule has 112 valence electrons. The van der Waals surface area contributed by atoms with Gasteiger partial charge in [-0.3, -0.25) is 0 Å². The van der Waals surface area contributed by atoms with Crippen molar-refractivity contribution in [1.29, 1.82) is 0 Å². The van der Waals surface area contributed by atoms with Gasteiger partial charge < -0.3 is 5.32 Å². The standard InChI is InChI=1S/C19H24FN/c1-19(12-6-3-7-13-19)18(21-2)16-10-11-17(20)15-9-5-4-8-14(15)16/h4-5,8-11,18,21H,3,6-7,12-13H2,1-2H3. The Hall–Kier alpha value is -1.41. The quantitative estimate of drug-likeness (QED) is 0.816. The minimum Gasteiger partial charge on any atom is -0.313 e. The zero-order valence-corrected chi connectivity index (χ0v) is 13.0. The molecular weight excluding hydrogens is 261 g/mol. The number of hydrogen-bond donors (Lipinski definition) is 1. The van der Waals surface area contributed by atoms with E-state index in [0.29, 0.717) is 0 Å². The predicted molar refractivity (Wildman–Crippen MR) is 86.9 cm³/mol. The highest BCUT2D eigenvalue weighted by Crippen LogP contribution is 2.46. The molecule has 0 heterocycles. The Morgan fingerprint density at radius 1 is 1.00 bits per heavy atom. The van der Waals surface area contributed by atoms with Crippen molar-refractivity contribution in [3.05, 3.63) is 47.8 Å². The lowest BCUT2D eigenvalue weighted by Gasteiger charge is -2.41. The summed E-state index contributed by atoms with van der Waals surface area (Å²) in [5, 5.41) is 5.29. The van der Waals surface area contributed by atoms with Gasteiger partial charge in [0, 0.05) is 11.4 Å². The second-order valence-electron chi connectivity index (χ2n) is 6.62. The molecular formula is C19H24FN. The molecule has 0 bridgehead atoms. The molecule has 0 spiro atoms. The summed E-state index contributed by atoms with van der Waals surface area (Å²) in [5.74, 6) is -0.127. The second kappa shape index (κ2) is 5.76. The molecule has 21 heavy (non-hydrogen) atoms. The van der Waals surface area contributed by atoms with E-state index < -0.39 is 0 Å². The van der Waals surface area contributed by atoms with Gasteiger partial charge in [0.25, 0.3) is 0 Å². The van der Waals surface area contributed by atoms with Gasteiger partial charge in [0.05, 0.1) is 0 Å². The van der Waals surface area contributed by atoms with E-state index in [1.54, 1.807) is 6.07 Å². The van der Waals surface area contributed by atoms with Crippen molar-refractivity contribution in [2.75, 3.05) is 7.05 Å². The van der Waals surface area contributed by atoms with E-state index in [1.165, 1.54) is 37.7 Å². The van der Waals surface area contributed by atoms with Crippen LogP contribution >= 0.6 is 0 Å². The van der Waals surface area contributed by atoms with Crippen LogP contribution in [0.5, 0.6) is 0 Å². The topological polar surface area (TPSA) is 12.0 Å². The molecule has 1 saturated carbocycles. The molecule has 0 radical (unpaired) electrons. The Kier molecular flexibility index (Phi) is 3.99. The number of hydrogen-bond acceptors (Lipinski definition) is 1. The summed E-state index contributed by atoms with van der Waals surface area (Å²) < 4.78 is 14.1. The van der Waals surface area contributed by atoms with Gasteiger partial charge in [0.1, 0.15) is 5.82 Å². The molecule has 0 aliphatic heterocycles. The number of halogens is 1. The lowest BCUT2D eigenvalue weighted by Crippen LogP contribution is -2.36. The van der Waals surface area contributed by atoms with Gasteiger partial charge in [-0.15, -0.1) is 0 Å². The smallest absolute Gasteiger partial charge is 0.131 e. The van der Waals surface area contributed by atoms with E-state index in [-0.39, 0.29) is 17.3 Å². The number of benzene rings is 2. The summed E-state index contributed by atoms with van der Waals surface area (Å²) in [4.78, 5) is 0. The fourth-order valence-corrected chi connectivity index (χ4v) is 4.06. The van der Waals surface area contributed by atoms with Crippen molar-refractivity contribution < 1.29 is 4.39 Å². The fraction of sp³-hybridized carbons (Fsp3) is 0.474. The zero-order chi connectivity index (χ0) is 14.9. The van der Waals surface area contributed by atoms with Crippen molar-refractivity contribution in [3.8, 4) is 0 Å². The van der Waals surface area contributed by atoms with E-state index in [9.17, 15) is 4.39 Å². The maximum absolute atomic E-state index is 14.1. The highest BCUT2D eigenvalue weighted by Gasteiger charge is 2.36. The third-order valence-corrected chi connectivity index (χ3v) is 5.20. The molecule has 3 rings (SSSR count). The van der Waals surface area contributed by atoms with Crippen LogP contribution in [0.2, 0.25) is 0 Å². The molecule has 2 heteroatoms. The normalized spacial score (nSPS) is 19.6. The maximum atomic E-state index is 14.1. The first-order valence-electron chi connectivity index (χ1n) is 8.00. The second-order valence-corrected chi connectivity index (χ2v) is 6.62. The molecule has 1 nitrogen and oxygen atoms in total.